The van der Waals surface area contributed by atoms with Crippen LogP contribution in [-0.4, -0.2) is 53.3 Å². The first-order chi connectivity index (χ1) is 12.9. The van der Waals surface area contributed by atoms with Gasteiger partial charge in [-0.25, -0.2) is 18.4 Å². The average molecular weight is 388 g/mol. The molecule has 1 atom stereocenters. The summed E-state index contributed by atoms with van der Waals surface area (Å²) in [5.41, 5.74) is 2.58. The highest BCUT2D eigenvalue weighted by atomic mass is 32.2. The second-order valence-corrected chi connectivity index (χ2v) is 8.94. The lowest BCUT2D eigenvalue weighted by Gasteiger charge is -2.26. The fourth-order valence-corrected chi connectivity index (χ4v) is 4.99. The number of amides is 1. The van der Waals surface area contributed by atoms with Crippen molar-refractivity contribution in [2.45, 2.75) is 32.9 Å². The zero-order valence-corrected chi connectivity index (χ0v) is 16.4. The first-order valence-electron chi connectivity index (χ1n) is 9.01. The monoisotopic (exact) mass is 388 g/mol. The minimum Gasteiger partial charge on any atom is -0.365 e. The Hall–Kier alpha value is -2.48. The molecule has 1 amide bonds. The molecule has 0 saturated carbocycles. The lowest BCUT2D eigenvalue weighted by molar-refractivity contribution is 0.0702. The summed E-state index contributed by atoms with van der Waals surface area (Å²) in [4.78, 5) is 22.8. The van der Waals surface area contributed by atoms with Gasteiger partial charge in [0.1, 0.15) is 11.5 Å². The van der Waals surface area contributed by atoms with Gasteiger partial charge in [0.25, 0.3) is 5.91 Å². The number of benzene rings is 1. The Balaban J connectivity index is 1.65. The Labute approximate surface area is 159 Å². The molecule has 0 spiro atoms. The molecule has 0 aliphatic carbocycles. The molecular weight excluding hydrogens is 364 g/mol. The third-order valence-corrected chi connectivity index (χ3v) is 6.59. The first kappa shape index (κ1) is 19.3. The summed E-state index contributed by atoms with van der Waals surface area (Å²) in [6, 6.07) is 7.79. The molecule has 7 nitrogen and oxygen atoms in total. The summed E-state index contributed by atoms with van der Waals surface area (Å²) in [5, 5.41) is 3.20. The number of hydrogen-bond donors (Lipinski definition) is 1. The van der Waals surface area contributed by atoms with E-state index in [0.29, 0.717) is 25.3 Å². The van der Waals surface area contributed by atoms with Crippen LogP contribution in [0.2, 0.25) is 0 Å². The standard InChI is InChI=1S/C19H24N4O3S/c1-3-23(16-8-9-27(25,26)13-16)19(24)17-11-22-18(12-20-17)21-10-15-7-5-4-6-14(15)2/h4-7,11-12,16H,3,8-10,13H2,1-2H3,(H,21,22). The van der Waals surface area contributed by atoms with Crippen LogP contribution in [0.15, 0.2) is 36.7 Å². The van der Waals surface area contributed by atoms with E-state index in [-0.39, 0.29) is 29.1 Å². The largest absolute Gasteiger partial charge is 0.365 e. The molecule has 1 aliphatic heterocycles. The Morgan fingerprint density at radius 2 is 2.04 bits per heavy atom. The van der Waals surface area contributed by atoms with E-state index in [0.717, 1.165) is 0 Å². The van der Waals surface area contributed by atoms with Gasteiger partial charge < -0.3 is 10.2 Å². The van der Waals surface area contributed by atoms with E-state index in [2.05, 4.69) is 15.3 Å². The van der Waals surface area contributed by atoms with Gasteiger partial charge in [0.15, 0.2) is 9.84 Å². The number of hydrogen-bond acceptors (Lipinski definition) is 6. The zero-order valence-electron chi connectivity index (χ0n) is 15.6. The van der Waals surface area contributed by atoms with Crippen LogP contribution in [0.3, 0.4) is 0 Å². The summed E-state index contributed by atoms with van der Waals surface area (Å²) in [5.74, 6) is 0.462. The van der Waals surface area contributed by atoms with E-state index in [1.54, 1.807) is 4.90 Å². The van der Waals surface area contributed by atoms with Crippen LogP contribution in [0, 0.1) is 6.92 Å². The van der Waals surface area contributed by atoms with Crippen molar-refractivity contribution in [3.63, 3.8) is 0 Å². The smallest absolute Gasteiger partial charge is 0.274 e. The number of aromatic nitrogens is 2. The third-order valence-electron chi connectivity index (χ3n) is 4.84. The minimum absolute atomic E-state index is 0.0239. The summed E-state index contributed by atoms with van der Waals surface area (Å²) in [7, 11) is -3.05. The van der Waals surface area contributed by atoms with Gasteiger partial charge >= 0.3 is 0 Å². The first-order valence-corrected chi connectivity index (χ1v) is 10.8. The van der Waals surface area contributed by atoms with Gasteiger partial charge in [-0.05, 0) is 31.4 Å². The fourth-order valence-electron chi connectivity index (χ4n) is 3.26. The molecule has 1 aromatic heterocycles. The number of carbonyl (C=O) groups excluding carboxylic acids is 1. The molecule has 2 aromatic rings. The second kappa shape index (κ2) is 8.04. The lowest BCUT2D eigenvalue weighted by atomic mass is 10.1. The van der Waals surface area contributed by atoms with Gasteiger partial charge in [-0.1, -0.05) is 24.3 Å². The molecule has 1 aliphatic rings. The number of carbonyl (C=O) groups is 1. The number of aryl methyl sites for hydroxylation is 1. The number of sulfone groups is 1. The van der Waals surface area contributed by atoms with Gasteiger partial charge in [-0.2, -0.15) is 0 Å². The topological polar surface area (TPSA) is 92.3 Å². The van der Waals surface area contributed by atoms with E-state index in [1.807, 2.05) is 38.1 Å². The normalized spacial score (nSPS) is 18.2. The van der Waals surface area contributed by atoms with E-state index < -0.39 is 9.84 Å². The molecule has 1 fully saturated rings. The van der Waals surface area contributed by atoms with Crippen molar-refractivity contribution in [3.05, 3.63) is 53.5 Å². The molecule has 8 heteroatoms. The Morgan fingerprint density at radius 1 is 1.26 bits per heavy atom. The van der Waals surface area contributed by atoms with Gasteiger partial charge in [-0.15, -0.1) is 0 Å². The van der Waals surface area contributed by atoms with Crippen LogP contribution in [0.1, 0.15) is 35.0 Å². The molecule has 3 rings (SSSR count). The number of nitrogens with zero attached hydrogens (tertiary/aromatic N) is 3. The Kier molecular flexibility index (Phi) is 5.74. The maximum Gasteiger partial charge on any atom is 0.274 e. The van der Waals surface area contributed by atoms with E-state index in [1.165, 1.54) is 23.5 Å². The summed E-state index contributed by atoms with van der Waals surface area (Å²) >= 11 is 0. The molecule has 2 heterocycles. The molecule has 1 N–H and O–H groups in total. The van der Waals surface area contributed by atoms with Crippen molar-refractivity contribution in [1.82, 2.24) is 14.9 Å². The van der Waals surface area contributed by atoms with Crippen LogP contribution < -0.4 is 5.32 Å². The summed E-state index contributed by atoms with van der Waals surface area (Å²) < 4.78 is 23.4. The zero-order chi connectivity index (χ0) is 19.4. The maximum absolute atomic E-state index is 12.7. The third kappa shape index (κ3) is 4.63. The van der Waals surface area contributed by atoms with Crippen LogP contribution >= 0.6 is 0 Å². The molecule has 0 radical (unpaired) electrons. The van der Waals surface area contributed by atoms with E-state index >= 15 is 0 Å². The second-order valence-electron chi connectivity index (χ2n) is 6.71. The molecule has 0 bridgehead atoms. The molecule has 1 aromatic carbocycles. The van der Waals surface area contributed by atoms with Gasteiger partial charge in [0.05, 0.1) is 23.9 Å². The molecule has 1 unspecified atom stereocenters. The molecule has 144 valence electrons. The Morgan fingerprint density at radius 3 is 2.63 bits per heavy atom. The van der Waals surface area contributed by atoms with Crippen LogP contribution in [0.25, 0.3) is 0 Å². The highest BCUT2D eigenvalue weighted by Crippen LogP contribution is 2.19. The van der Waals surface area contributed by atoms with Crippen LogP contribution in [0.5, 0.6) is 0 Å². The molecular formula is C19H24N4O3S. The number of nitrogens with one attached hydrogen (secondary N) is 1. The predicted octanol–water partition coefficient (Wildman–Crippen LogP) is 2.05. The lowest BCUT2D eigenvalue weighted by Crippen LogP contribution is -2.41. The van der Waals surface area contributed by atoms with E-state index in [9.17, 15) is 13.2 Å². The minimum atomic E-state index is -3.05. The van der Waals surface area contributed by atoms with Crippen molar-refractivity contribution in [2.24, 2.45) is 0 Å². The van der Waals surface area contributed by atoms with Gasteiger partial charge in [0, 0.05) is 19.1 Å². The Bertz CT molecular complexity index is 913. The van der Waals surface area contributed by atoms with Crippen molar-refractivity contribution >= 4 is 21.6 Å². The highest BCUT2D eigenvalue weighted by molar-refractivity contribution is 7.91. The van der Waals surface area contributed by atoms with Gasteiger partial charge in [-0.3, -0.25) is 4.79 Å². The van der Waals surface area contributed by atoms with Crippen molar-refractivity contribution in [1.29, 1.82) is 0 Å². The summed E-state index contributed by atoms with van der Waals surface area (Å²) in [6.45, 7) is 4.95. The quantitative estimate of drug-likeness (QED) is 0.814. The maximum atomic E-state index is 12.7. The highest BCUT2D eigenvalue weighted by Gasteiger charge is 2.34. The van der Waals surface area contributed by atoms with Crippen molar-refractivity contribution < 1.29 is 13.2 Å². The van der Waals surface area contributed by atoms with Crippen molar-refractivity contribution in [3.8, 4) is 0 Å². The average Bonchev–Trinajstić information content (AvgIpc) is 3.01. The molecule has 1 saturated heterocycles. The SMILES string of the molecule is CCN(C(=O)c1cnc(NCc2ccccc2C)cn1)C1CCS(=O)(=O)C1. The fraction of sp³-hybridized carbons (Fsp3) is 0.421. The number of rotatable bonds is 6. The van der Waals surface area contributed by atoms with E-state index in [4.69, 9.17) is 0 Å². The predicted molar refractivity (Wildman–Crippen MR) is 104 cm³/mol. The number of anilines is 1. The van der Waals surface area contributed by atoms with Crippen LogP contribution in [0.4, 0.5) is 5.82 Å². The van der Waals surface area contributed by atoms with Gasteiger partial charge in [0.2, 0.25) is 0 Å². The molecule has 27 heavy (non-hydrogen) atoms. The van der Waals surface area contributed by atoms with Crippen LogP contribution in [-0.2, 0) is 16.4 Å². The van der Waals surface area contributed by atoms with Crippen molar-refractivity contribution in [2.75, 3.05) is 23.4 Å². The summed E-state index contributed by atoms with van der Waals surface area (Å²) in [6.07, 6.45) is 3.45.